The smallest absolute Gasteiger partial charge is 0.0406 e. The molecule has 2 heterocycles. The van der Waals surface area contributed by atoms with Crippen molar-refractivity contribution in [1.29, 1.82) is 0 Å². The molecule has 4 nitrogen and oxygen atoms in total. The lowest BCUT2D eigenvalue weighted by atomic mass is 10.0. The minimum Gasteiger partial charge on any atom is -0.382 e. The van der Waals surface area contributed by atoms with Gasteiger partial charge >= 0.3 is 0 Å². The number of hydrazine groups is 1. The summed E-state index contributed by atoms with van der Waals surface area (Å²) in [5.41, 5.74) is 4.03. The first-order valence-corrected chi connectivity index (χ1v) is 6.40. The topological polar surface area (TPSA) is 53.3 Å². The van der Waals surface area contributed by atoms with Crippen molar-refractivity contribution >= 4 is 5.69 Å². The Morgan fingerprint density at radius 2 is 2.06 bits per heavy atom. The fourth-order valence-electron chi connectivity index (χ4n) is 2.77. The van der Waals surface area contributed by atoms with Gasteiger partial charge in [-0.2, -0.15) is 0 Å². The zero-order valence-electron chi connectivity index (χ0n) is 10.1. The normalized spacial score (nSPS) is 21.5. The predicted octanol–water partition coefficient (Wildman–Crippen LogP) is 1.04. The van der Waals surface area contributed by atoms with Crippen LogP contribution < -0.4 is 16.5 Å². The molecule has 92 valence electrons. The van der Waals surface area contributed by atoms with Crippen molar-refractivity contribution in [2.75, 3.05) is 18.4 Å². The van der Waals surface area contributed by atoms with E-state index in [0.717, 1.165) is 26.2 Å². The maximum absolute atomic E-state index is 5.88. The van der Waals surface area contributed by atoms with Crippen molar-refractivity contribution in [1.82, 2.24) is 10.3 Å². The Hall–Kier alpha value is -1.10. The van der Waals surface area contributed by atoms with Crippen molar-refractivity contribution in [3.63, 3.8) is 0 Å². The summed E-state index contributed by atoms with van der Waals surface area (Å²) in [5, 5.41) is 8.94. The van der Waals surface area contributed by atoms with Gasteiger partial charge < -0.3 is 10.6 Å². The van der Waals surface area contributed by atoms with Gasteiger partial charge in [-0.1, -0.05) is 12.1 Å². The minimum atomic E-state index is 0.606. The highest BCUT2D eigenvalue weighted by Crippen LogP contribution is 2.28. The van der Waals surface area contributed by atoms with Gasteiger partial charge in [0.2, 0.25) is 0 Å². The van der Waals surface area contributed by atoms with Crippen LogP contribution in [0.4, 0.5) is 5.69 Å². The molecule has 0 aliphatic carbocycles. The van der Waals surface area contributed by atoms with Crippen LogP contribution in [0.1, 0.15) is 24.0 Å². The molecule has 0 atom stereocenters. The number of fused-ring (bicyclic) bond motifs is 1. The van der Waals surface area contributed by atoms with Gasteiger partial charge in [0, 0.05) is 24.8 Å². The molecule has 2 aliphatic heterocycles. The van der Waals surface area contributed by atoms with E-state index in [1.54, 1.807) is 0 Å². The molecule has 1 aromatic carbocycles. The second-order valence-electron chi connectivity index (χ2n) is 5.02. The van der Waals surface area contributed by atoms with Crippen molar-refractivity contribution in [3.05, 3.63) is 29.3 Å². The second kappa shape index (κ2) is 4.64. The summed E-state index contributed by atoms with van der Waals surface area (Å²) in [6.07, 6.45) is 2.41. The van der Waals surface area contributed by atoms with E-state index in [1.807, 2.05) is 5.01 Å². The van der Waals surface area contributed by atoms with Crippen LogP contribution in [0, 0.1) is 0 Å². The number of hydrogen-bond acceptors (Lipinski definition) is 4. The third kappa shape index (κ3) is 2.29. The quantitative estimate of drug-likeness (QED) is 0.667. The molecule has 4 heteroatoms. The van der Waals surface area contributed by atoms with E-state index in [4.69, 9.17) is 5.84 Å². The van der Waals surface area contributed by atoms with Gasteiger partial charge in [0.25, 0.3) is 0 Å². The Kier molecular flexibility index (Phi) is 3.01. The Bertz CT molecular complexity index is 398. The van der Waals surface area contributed by atoms with Gasteiger partial charge in [-0.15, -0.1) is 0 Å². The highest BCUT2D eigenvalue weighted by atomic mass is 15.4. The fourth-order valence-corrected chi connectivity index (χ4v) is 2.77. The molecule has 2 aliphatic rings. The van der Waals surface area contributed by atoms with E-state index >= 15 is 0 Å². The van der Waals surface area contributed by atoms with Crippen molar-refractivity contribution in [2.45, 2.75) is 32.0 Å². The number of hydrogen-bond donors (Lipinski definition) is 3. The van der Waals surface area contributed by atoms with E-state index in [2.05, 4.69) is 28.8 Å². The summed E-state index contributed by atoms with van der Waals surface area (Å²) in [4.78, 5) is 0. The zero-order valence-corrected chi connectivity index (χ0v) is 10.1. The highest BCUT2D eigenvalue weighted by Gasteiger charge is 2.21. The van der Waals surface area contributed by atoms with Crippen LogP contribution >= 0.6 is 0 Å². The Morgan fingerprint density at radius 3 is 2.88 bits per heavy atom. The second-order valence-corrected chi connectivity index (χ2v) is 5.02. The van der Waals surface area contributed by atoms with Gasteiger partial charge in [0.1, 0.15) is 0 Å². The predicted molar refractivity (Wildman–Crippen MR) is 69.4 cm³/mol. The molecule has 0 aromatic heterocycles. The molecule has 1 aromatic rings. The Balaban J connectivity index is 1.77. The zero-order chi connectivity index (χ0) is 11.7. The first kappa shape index (κ1) is 11.0. The van der Waals surface area contributed by atoms with Crippen LogP contribution in [0.5, 0.6) is 0 Å². The summed E-state index contributed by atoms with van der Waals surface area (Å²) in [6.45, 7) is 3.98. The van der Waals surface area contributed by atoms with Crippen LogP contribution in [-0.4, -0.2) is 24.1 Å². The third-order valence-corrected chi connectivity index (χ3v) is 3.71. The van der Waals surface area contributed by atoms with Crippen LogP contribution in [-0.2, 0) is 13.1 Å². The highest BCUT2D eigenvalue weighted by molar-refractivity contribution is 5.56. The third-order valence-electron chi connectivity index (χ3n) is 3.71. The van der Waals surface area contributed by atoms with Crippen LogP contribution in [0.3, 0.4) is 0 Å². The maximum atomic E-state index is 5.88. The molecular weight excluding hydrogens is 212 g/mol. The summed E-state index contributed by atoms with van der Waals surface area (Å²) < 4.78 is 0. The molecule has 0 spiro atoms. The van der Waals surface area contributed by atoms with Crippen molar-refractivity contribution in [2.24, 2.45) is 5.84 Å². The lowest BCUT2D eigenvalue weighted by molar-refractivity contribution is 0.296. The van der Waals surface area contributed by atoms with Crippen LogP contribution in [0.15, 0.2) is 18.2 Å². The van der Waals surface area contributed by atoms with Gasteiger partial charge in [-0.3, -0.25) is 5.84 Å². The van der Waals surface area contributed by atoms with Gasteiger partial charge in [-0.25, -0.2) is 5.01 Å². The van der Waals surface area contributed by atoms with Crippen molar-refractivity contribution in [3.8, 4) is 0 Å². The summed E-state index contributed by atoms with van der Waals surface area (Å²) in [5.74, 6) is 5.88. The number of nitrogens with two attached hydrogens (primary N) is 1. The van der Waals surface area contributed by atoms with Crippen LogP contribution in [0.25, 0.3) is 0 Å². The number of piperidine rings is 1. The molecule has 0 saturated carbocycles. The summed E-state index contributed by atoms with van der Waals surface area (Å²) in [6, 6.07) is 7.09. The van der Waals surface area contributed by atoms with Gasteiger partial charge in [0.05, 0.1) is 0 Å². The van der Waals surface area contributed by atoms with E-state index < -0.39 is 0 Å². The monoisotopic (exact) mass is 232 g/mol. The standard InChI is InChI=1S/C13H20N4/c14-17-8-10-2-1-3-13(12(10)9-17)16-11-4-6-15-7-5-11/h1-3,11,15-16H,4-9,14H2. The average molecular weight is 232 g/mol. The van der Waals surface area contributed by atoms with Crippen LogP contribution in [0.2, 0.25) is 0 Å². The molecule has 0 radical (unpaired) electrons. The van der Waals surface area contributed by atoms with E-state index in [9.17, 15) is 0 Å². The molecule has 1 saturated heterocycles. The van der Waals surface area contributed by atoms with Gasteiger partial charge in [-0.05, 0) is 43.1 Å². The minimum absolute atomic E-state index is 0.606. The number of rotatable bonds is 2. The molecular formula is C13H20N4. The number of benzene rings is 1. The molecule has 17 heavy (non-hydrogen) atoms. The number of nitrogens with one attached hydrogen (secondary N) is 2. The fraction of sp³-hybridized carbons (Fsp3) is 0.538. The number of nitrogens with zero attached hydrogens (tertiary/aromatic N) is 1. The number of anilines is 1. The first-order valence-electron chi connectivity index (χ1n) is 6.40. The lowest BCUT2D eigenvalue weighted by Crippen LogP contribution is -2.35. The van der Waals surface area contributed by atoms with Crippen molar-refractivity contribution < 1.29 is 0 Å². The molecule has 1 fully saturated rings. The molecule has 3 rings (SSSR count). The summed E-state index contributed by atoms with van der Waals surface area (Å²) >= 11 is 0. The average Bonchev–Trinajstić information content (AvgIpc) is 2.72. The Morgan fingerprint density at radius 1 is 1.24 bits per heavy atom. The van der Waals surface area contributed by atoms with Gasteiger partial charge in [0.15, 0.2) is 0 Å². The largest absolute Gasteiger partial charge is 0.382 e. The molecule has 0 bridgehead atoms. The maximum Gasteiger partial charge on any atom is 0.0406 e. The lowest BCUT2D eigenvalue weighted by Gasteiger charge is -2.25. The SMILES string of the molecule is NN1Cc2cccc(NC3CCNCC3)c2C1. The molecule has 4 N–H and O–H groups in total. The molecule has 0 amide bonds. The van der Waals surface area contributed by atoms with E-state index in [0.29, 0.717) is 6.04 Å². The van der Waals surface area contributed by atoms with E-state index in [1.165, 1.54) is 29.7 Å². The summed E-state index contributed by atoms with van der Waals surface area (Å²) in [7, 11) is 0. The first-order chi connectivity index (χ1) is 8.33. The Labute approximate surface area is 102 Å². The van der Waals surface area contributed by atoms with E-state index in [-0.39, 0.29) is 0 Å². The molecule has 0 unspecified atom stereocenters.